The summed E-state index contributed by atoms with van der Waals surface area (Å²) in [6, 6.07) is 1.96. The number of nitrogens with one attached hydrogen (secondary N) is 1. The van der Waals surface area contributed by atoms with Gasteiger partial charge in [-0.05, 0) is 25.8 Å². The zero-order valence-corrected chi connectivity index (χ0v) is 8.63. The van der Waals surface area contributed by atoms with Gasteiger partial charge in [0.1, 0.15) is 0 Å². The molecule has 0 aliphatic heterocycles. The number of aromatic nitrogens is 1. The molecule has 0 saturated heterocycles. The molecule has 0 fully saturated rings. The molecule has 0 unspecified atom stereocenters. The van der Waals surface area contributed by atoms with Gasteiger partial charge < -0.3 is 9.84 Å². The summed E-state index contributed by atoms with van der Waals surface area (Å²) in [7, 11) is 0. The molecule has 13 heavy (non-hydrogen) atoms. The summed E-state index contributed by atoms with van der Waals surface area (Å²) >= 11 is 0. The summed E-state index contributed by atoms with van der Waals surface area (Å²) in [5.41, 5.74) is 0.945. The number of aryl methyl sites for hydroxylation is 1. The Hall–Kier alpha value is -0.830. The first-order chi connectivity index (χ1) is 6.18. The van der Waals surface area contributed by atoms with Crippen LogP contribution in [0.3, 0.4) is 0 Å². The van der Waals surface area contributed by atoms with Gasteiger partial charge in [-0.2, -0.15) is 0 Å². The molecule has 1 aromatic heterocycles. The third-order valence-electron chi connectivity index (χ3n) is 1.87. The number of hydrogen-bond donors (Lipinski definition) is 1. The monoisotopic (exact) mass is 182 g/mol. The molecule has 74 valence electrons. The van der Waals surface area contributed by atoms with Gasteiger partial charge in [-0.25, -0.2) is 0 Å². The summed E-state index contributed by atoms with van der Waals surface area (Å²) in [5.74, 6) is 1.67. The van der Waals surface area contributed by atoms with Crippen molar-refractivity contribution < 1.29 is 4.52 Å². The molecule has 0 aliphatic rings. The summed E-state index contributed by atoms with van der Waals surface area (Å²) in [6.45, 7) is 8.20. The van der Waals surface area contributed by atoms with Crippen LogP contribution in [0.1, 0.15) is 31.7 Å². The van der Waals surface area contributed by atoms with Crippen LogP contribution >= 0.6 is 0 Å². The Labute approximate surface area is 79.5 Å². The van der Waals surface area contributed by atoms with Gasteiger partial charge in [0.05, 0.1) is 12.2 Å². The van der Waals surface area contributed by atoms with Crippen LogP contribution in [-0.4, -0.2) is 11.7 Å². The van der Waals surface area contributed by atoms with E-state index in [4.69, 9.17) is 4.52 Å². The minimum absolute atomic E-state index is 0.754. The second-order valence-electron chi connectivity index (χ2n) is 3.79. The highest BCUT2D eigenvalue weighted by molar-refractivity contribution is 5.02. The Kier molecular flexibility index (Phi) is 3.96. The van der Waals surface area contributed by atoms with Gasteiger partial charge in [0.2, 0.25) is 0 Å². The highest BCUT2D eigenvalue weighted by atomic mass is 16.5. The van der Waals surface area contributed by atoms with Gasteiger partial charge in [0, 0.05) is 6.07 Å². The molecular formula is C10H18N2O. The van der Waals surface area contributed by atoms with Crippen molar-refractivity contribution in [3.63, 3.8) is 0 Å². The number of nitrogens with zero attached hydrogens (tertiary/aromatic N) is 1. The van der Waals surface area contributed by atoms with Crippen LogP contribution in [0.4, 0.5) is 0 Å². The van der Waals surface area contributed by atoms with E-state index in [9.17, 15) is 0 Å². The molecule has 0 amide bonds. The van der Waals surface area contributed by atoms with Gasteiger partial charge in [0.25, 0.3) is 0 Å². The minimum atomic E-state index is 0.754. The van der Waals surface area contributed by atoms with Gasteiger partial charge in [-0.15, -0.1) is 0 Å². The smallest absolute Gasteiger partial charge is 0.150 e. The lowest BCUT2D eigenvalue weighted by Gasteiger charge is -2.04. The Morgan fingerprint density at radius 2 is 2.31 bits per heavy atom. The Balaban J connectivity index is 2.13. The highest BCUT2D eigenvalue weighted by Gasteiger charge is 1.99. The second-order valence-corrected chi connectivity index (χ2v) is 3.79. The maximum atomic E-state index is 5.06. The predicted molar refractivity (Wildman–Crippen MR) is 52.4 cm³/mol. The van der Waals surface area contributed by atoms with Crippen LogP contribution in [0.25, 0.3) is 0 Å². The molecule has 0 atom stereocenters. The molecule has 1 N–H and O–H groups in total. The van der Waals surface area contributed by atoms with Crippen molar-refractivity contribution in [1.29, 1.82) is 0 Å². The Morgan fingerprint density at radius 1 is 1.54 bits per heavy atom. The fourth-order valence-corrected chi connectivity index (χ4v) is 1.10. The topological polar surface area (TPSA) is 38.1 Å². The van der Waals surface area contributed by atoms with Crippen LogP contribution < -0.4 is 5.32 Å². The molecule has 0 radical (unpaired) electrons. The van der Waals surface area contributed by atoms with Crippen molar-refractivity contribution in [3.05, 3.63) is 17.5 Å². The minimum Gasteiger partial charge on any atom is -0.360 e. The van der Waals surface area contributed by atoms with Gasteiger partial charge >= 0.3 is 0 Å². The molecule has 1 aromatic rings. The fourth-order valence-electron chi connectivity index (χ4n) is 1.10. The van der Waals surface area contributed by atoms with Crippen molar-refractivity contribution in [2.24, 2.45) is 5.92 Å². The molecule has 1 heterocycles. The van der Waals surface area contributed by atoms with Gasteiger partial charge in [-0.3, -0.25) is 0 Å². The molecule has 1 rings (SSSR count). The summed E-state index contributed by atoms with van der Waals surface area (Å²) in [4.78, 5) is 0. The number of hydrogen-bond acceptors (Lipinski definition) is 3. The summed E-state index contributed by atoms with van der Waals surface area (Å²) in [6.07, 6.45) is 1.20. The first-order valence-corrected chi connectivity index (χ1v) is 4.81. The van der Waals surface area contributed by atoms with E-state index in [0.29, 0.717) is 0 Å². The molecule has 3 heteroatoms. The largest absolute Gasteiger partial charge is 0.360 e. The zero-order chi connectivity index (χ0) is 9.68. The lowest BCUT2D eigenvalue weighted by Crippen LogP contribution is -2.15. The Morgan fingerprint density at radius 3 is 2.85 bits per heavy atom. The number of rotatable bonds is 5. The summed E-state index contributed by atoms with van der Waals surface area (Å²) < 4.78 is 5.06. The summed E-state index contributed by atoms with van der Waals surface area (Å²) in [5, 5.41) is 7.13. The maximum Gasteiger partial charge on any atom is 0.150 e. The molecule has 0 bridgehead atoms. The molecule has 0 aliphatic carbocycles. The van der Waals surface area contributed by atoms with E-state index in [2.05, 4.69) is 24.3 Å². The van der Waals surface area contributed by atoms with Crippen LogP contribution in [0.15, 0.2) is 10.6 Å². The van der Waals surface area contributed by atoms with E-state index in [1.807, 2.05) is 13.0 Å². The van der Waals surface area contributed by atoms with Gasteiger partial charge in [-0.1, -0.05) is 19.0 Å². The van der Waals surface area contributed by atoms with E-state index in [1.165, 1.54) is 6.42 Å². The second kappa shape index (κ2) is 5.02. The quantitative estimate of drug-likeness (QED) is 0.709. The third-order valence-corrected chi connectivity index (χ3v) is 1.87. The van der Waals surface area contributed by atoms with E-state index in [1.54, 1.807) is 0 Å². The third kappa shape index (κ3) is 4.08. The van der Waals surface area contributed by atoms with Crippen molar-refractivity contribution in [3.8, 4) is 0 Å². The van der Waals surface area contributed by atoms with Crippen LogP contribution in [0.5, 0.6) is 0 Å². The van der Waals surface area contributed by atoms with E-state index in [-0.39, 0.29) is 0 Å². The average molecular weight is 182 g/mol. The van der Waals surface area contributed by atoms with E-state index in [0.717, 1.165) is 30.5 Å². The van der Waals surface area contributed by atoms with Crippen LogP contribution in [0.2, 0.25) is 0 Å². The molecule has 0 aromatic carbocycles. The molecule has 3 nitrogen and oxygen atoms in total. The lowest BCUT2D eigenvalue weighted by molar-refractivity contribution is 0.367. The van der Waals surface area contributed by atoms with Gasteiger partial charge in [0.15, 0.2) is 5.76 Å². The van der Waals surface area contributed by atoms with Crippen LogP contribution in [0, 0.1) is 12.8 Å². The van der Waals surface area contributed by atoms with Crippen LogP contribution in [-0.2, 0) is 6.54 Å². The Bertz CT molecular complexity index is 243. The fraction of sp³-hybridized carbons (Fsp3) is 0.700. The van der Waals surface area contributed by atoms with Crippen molar-refractivity contribution >= 4 is 0 Å². The predicted octanol–water partition coefficient (Wildman–Crippen LogP) is 2.12. The lowest BCUT2D eigenvalue weighted by atomic mass is 10.1. The van der Waals surface area contributed by atoms with E-state index >= 15 is 0 Å². The molecular weight excluding hydrogens is 164 g/mol. The first kappa shape index (κ1) is 10.3. The van der Waals surface area contributed by atoms with Crippen molar-refractivity contribution in [2.75, 3.05) is 6.54 Å². The van der Waals surface area contributed by atoms with Crippen molar-refractivity contribution in [1.82, 2.24) is 10.5 Å². The standard InChI is InChI=1S/C10H18N2O/c1-8(2)4-5-11-7-10-6-9(3)12-13-10/h6,8,11H,4-5,7H2,1-3H3. The maximum absolute atomic E-state index is 5.06. The van der Waals surface area contributed by atoms with Crippen molar-refractivity contribution in [2.45, 2.75) is 33.7 Å². The van der Waals surface area contributed by atoms with E-state index < -0.39 is 0 Å². The average Bonchev–Trinajstić information content (AvgIpc) is 2.45. The molecule has 0 spiro atoms. The normalized spacial score (nSPS) is 11.1. The zero-order valence-electron chi connectivity index (χ0n) is 8.63. The SMILES string of the molecule is Cc1cc(CNCCC(C)C)on1. The molecule has 0 saturated carbocycles. The first-order valence-electron chi connectivity index (χ1n) is 4.81. The highest BCUT2D eigenvalue weighted by Crippen LogP contribution is 2.02.